The van der Waals surface area contributed by atoms with Crippen molar-refractivity contribution in [2.45, 2.75) is 18.8 Å². The second-order valence-corrected chi connectivity index (χ2v) is 11.1. The first-order valence-corrected chi connectivity index (χ1v) is 13.2. The summed E-state index contributed by atoms with van der Waals surface area (Å²) in [6.07, 6.45) is 0.501. The van der Waals surface area contributed by atoms with Gasteiger partial charge in [0.2, 0.25) is 0 Å². The van der Waals surface area contributed by atoms with Crippen molar-refractivity contribution in [2.75, 3.05) is 0 Å². The summed E-state index contributed by atoms with van der Waals surface area (Å²) >= 11 is 0. The van der Waals surface area contributed by atoms with E-state index in [9.17, 15) is 25.5 Å². The average molecular weight is 525 g/mol. The molecule has 0 saturated carbocycles. The molecule has 0 aliphatic heterocycles. The predicted molar refractivity (Wildman–Crippen MR) is 159 cm³/mol. The highest BCUT2D eigenvalue weighted by Crippen LogP contribution is 2.59. The van der Waals surface area contributed by atoms with Gasteiger partial charge in [0.1, 0.15) is 28.7 Å². The number of fused-ring (bicyclic) bond motifs is 8. The van der Waals surface area contributed by atoms with Crippen molar-refractivity contribution in [3.8, 4) is 28.7 Å². The lowest BCUT2D eigenvalue weighted by molar-refractivity contribution is 0.431. The molecule has 1 aliphatic rings. The van der Waals surface area contributed by atoms with Gasteiger partial charge in [-0.25, -0.2) is 0 Å². The van der Waals surface area contributed by atoms with E-state index >= 15 is 0 Å². The van der Waals surface area contributed by atoms with E-state index in [0.29, 0.717) is 6.42 Å². The van der Waals surface area contributed by atoms with Crippen LogP contribution in [-0.4, -0.2) is 25.5 Å². The smallest absolute Gasteiger partial charge is 0.120 e. The van der Waals surface area contributed by atoms with Crippen LogP contribution >= 0.6 is 0 Å². The zero-order chi connectivity index (χ0) is 27.5. The molecule has 40 heavy (non-hydrogen) atoms. The zero-order valence-electron chi connectivity index (χ0n) is 21.5. The Morgan fingerprint density at radius 1 is 0.450 bits per heavy atom. The predicted octanol–water partition coefficient (Wildman–Crippen LogP) is 7.84. The third-order valence-electron chi connectivity index (χ3n) is 8.84. The highest BCUT2D eigenvalue weighted by molar-refractivity contribution is 6.41. The number of phenolic OH excluding ortho intramolecular Hbond substituents is 5. The monoisotopic (exact) mass is 524 g/mol. The van der Waals surface area contributed by atoms with Crippen LogP contribution in [0, 0.1) is 0 Å². The fraction of sp³-hybridized carbons (Fsp3) is 0.0857. The van der Waals surface area contributed by atoms with Crippen LogP contribution in [0.4, 0.5) is 0 Å². The van der Waals surface area contributed by atoms with Crippen molar-refractivity contribution in [3.05, 3.63) is 102 Å². The van der Waals surface area contributed by atoms with Crippen LogP contribution in [0.5, 0.6) is 28.7 Å². The molecule has 0 atom stereocenters. The van der Waals surface area contributed by atoms with Crippen LogP contribution in [0.25, 0.3) is 53.9 Å². The first kappa shape index (κ1) is 22.8. The lowest BCUT2D eigenvalue weighted by atomic mass is 9.74. The topological polar surface area (TPSA) is 101 Å². The maximum Gasteiger partial charge on any atom is 0.120 e. The van der Waals surface area contributed by atoms with Crippen molar-refractivity contribution in [3.63, 3.8) is 0 Å². The van der Waals surface area contributed by atoms with Gasteiger partial charge in [-0.05, 0) is 114 Å². The molecule has 0 heterocycles. The summed E-state index contributed by atoms with van der Waals surface area (Å²) in [5.74, 6) is 0.784. The van der Waals surface area contributed by atoms with E-state index in [4.69, 9.17) is 0 Å². The van der Waals surface area contributed by atoms with Gasteiger partial charge in [-0.15, -0.1) is 0 Å². The van der Waals surface area contributed by atoms with Gasteiger partial charge < -0.3 is 25.5 Å². The highest BCUT2D eigenvalue weighted by atomic mass is 16.3. The van der Waals surface area contributed by atoms with Gasteiger partial charge in [0.25, 0.3) is 0 Å². The quantitative estimate of drug-likeness (QED) is 0.148. The van der Waals surface area contributed by atoms with Crippen LogP contribution in [-0.2, 0) is 11.8 Å². The van der Waals surface area contributed by atoms with Gasteiger partial charge in [-0.2, -0.15) is 0 Å². The summed E-state index contributed by atoms with van der Waals surface area (Å²) in [7, 11) is 0. The molecule has 7 aromatic rings. The summed E-state index contributed by atoms with van der Waals surface area (Å²) in [5.41, 5.74) is 1.73. The van der Waals surface area contributed by atoms with E-state index < -0.39 is 5.41 Å². The summed E-state index contributed by atoms with van der Waals surface area (Å²) in [6, 6.07) is 25.0. The Bertz CT molecular complexity index is 2110. The maximum absolute atomic E-state index is 11.4. The number of rotatable bonds is 2. The Morgan fingerprint density at radius 3 is 1.35 bits per heavy atom. The summed E-state index contributed by atoms with van der Waals surface area (Å²) in [6.45, 7) is 2.06. The molecule has 5 heteroatoms. The van der Waals surface area contributed by atoms with E-state index in [1.165, 1.54) is 0 Å². The second kappa shape index (κ2) is 7.48. The van der Waals surface area contributed by atoms with E-state index in [1.54, 1.807) is 48.5 Å². The third kappa shape index (κ3) is 2.76. The number of aromatic hydroxyl groups is 5. The molecular weight excluding hydrogens is 500 g/mol. The number of hydrogen-bond donors (Lipinski definition) is 5. The lowest BCUT2D eigenvalue weighted by Crippen LogP contribution is -2.24. The molecule has 8 rings (SSSR count). The molecule has 5 N–H and O–H groups in total. The minimum atomic E-state index is -0.758. The molecule has 7 aromatic carbocycles. The molecule has 0 radical (unpaired) electrons. The summed E-state index contributed by atoms with van der Waals surface area (Å²) < 4.78 is 0. The molecule has 5 nitrogen and oxygen atoms in total. The maximum atomic E-state index is 11.4. The van der Waals surface area contributed by atoms with Crippen molar-refractivity contribution in [1.82, 2.24) is 0 Å². The average Bonchev–Trinajstić information content (AvgIpc) is 3.21. The molecule has 0 aromatic heterocycles. The van der Waals surface area contributed by atoms with Gasteiger partial charge in [0.05, 0.1) is 0 Å². The molecule has 0 fully saturated rings. The normalized spacial score (nSPS) is 13.9. The Balaban J connectivity index is 1.64. The van der Waals surface area contributed by atoms with Crippen LogP contribution < -0.4 is 0 Å². The van der Waals surface area contributed by atoms with Crippen LogP contribution in [0.15, 0.2) is 84.9 Å². The Labute approximate surface area is 228 Å². The van der Waals surface area contributed by atoms with E-state index in [-0.39, 0.29) is 28.7 Å². The van der Waals surface area contributed by atoms with Crippen molar-refractivity contribution in [2.24, 2.45) is 0 Å². The zero-order valence-corrected chi connectivity index (χ0v) is 21.5. The fourth-order valence-electron chi connectivity index (χ4n) is 7.34. The first-order chi connectivity index (χ1) is 19.3. The third-order valence-corrected chi connectivity index (χ3v) is 8.84. The molecule has 1 aliphatic carbocycles. The second-order valence-electron chi connectivity index (χ2n) is 11.1. The molecule has 0 amide bonds. The molecule has 0 saturated heterocycles. The number of benzene rings is 7. The van der Waals surface area contributed by atoms with Gasteiger partial charge >= 0.3 is 0 Å². The van der Waals surface area contributed by atoms with E-state index in [1.807, 2.05) is 36.4 Å². The Morgan fingerprint density at radius 2 is 0.875 bits per heavy atom. The fourth-order valence-corrected chi connectivity index (χ4v) is 7.34. The molecular formula is C35H24O5. The molecule has 0 unspecified atom stereocenters. The number of hydrogen-bond acceptors (Lipinski definition) is 5. The molecule has 0 bridgehead atoms. The summed E-state index contributed by atoms with van der Waals surface area (Å²) in [4.78, 5) is 0. The minimum Gasteiger partial charge on any atom is -0.508 e. The van der Waals surface area contributed by atoms with Gasteiger partial charge in [-0.3, -0.25) is 0 Å². The standard InChI is InChI=1S/C35H24O5/c1-35(16-17-2-4-18(36)5-3-17)33-27(39)12-10-23-29-21-8-6-19(37)14-25(21)26-15-20(38)7-9-22(26)30(29)24-11-13-28(40)34(35)32(24)31(23)33/h2-15,36-40H,16H2,1H3. The van der Waals surface area contributed by atoms with Crippen LogP contribution in [0.2, 0.25) is 0 Å². The van der Waals surface area contributed by atoms with Crippen molar-refractivity contribution in [1.29, 1.82) is 0 Å². The van der Waals surface area contributed by atoms with Crippen molar-refractivity contribution < 1.29 is 25.5 Å². The largest absolute Gasteiger partial charge is 0.508 e. The molecule has 194 valence electrons. The highest BCUT2D eigenvalue weighted by Gasteiger charge is 2.43. The lowest BCUT2D eigenvalue weighted by Gasteiger charge is -2.29. The van der Waals surface area contributed by atoms with Gasteiger partial charge in [0.15, 0.2) is 0 Å². The molecule has 0 spiro atoms. The van der Waals surface area contributed by atoms with Gasteiger partial charge in [0, 0.05) is 16.5 Å². The van der Waals surface area contributed by atoms with Gasteiger partial charge in [-0.1, -0.05) is 43.3 Å². The Kier molecular flexibility index (Phi) is 4.26. The minimum absolute atomic E-state index is 0.137. The Hall–Kier alpha value is -5.16. The van der Waals surface area contributed by atoms with Crippen LogP contribution in [0.3, 0.4) is 0 Å². The van der Waals surface area contributed by atoms with Crippen LogP contribution in [0.1, 0.15) is 23.6 Å². The van der Waals surface area contributed by atoms with E-state index in [2.05, 4.69) is 6.92 Å². The van der Waals surface area contributed by atoms with Crippen molar-refractivity contribution >= 4 is 53.9 Å². The first-order valence-electron chi connectivity index (χ1n) is 13.2. The number of phenols is 5. The van der Waals surface area contributed by atoms with E-state index in [0.717, 1.165) is 70.6 Å². The SMILES string of the molecule is CC1(Cc2ccc(O)cc2)c2c(O)ccc3c2c2c1c(O)ccc2c1c2ccc(O)cc2c2cc(O)ccc2c31. The summed E-state index contributed by atoms with van der Waals surface area (Å²) in [5, 5.41) is 62.7.